The number of aliphatic hydroxyl groups is 7. The molecule has 0 aromatic carbocycles. The van der Waals surface area contributed by atoms with Crippen LogP contribution >= 0.6 is 0 Å². The normalized spacial score (nSPS) is 19.0. The maximum Gasteiger partial charge on any atom is 0.249 e. The molecule has 0 radical (unpaired) electrons. The van der Waals surface area contributed by atoms with Crippen LogP contribution in [0.3, 0.4) is 0 Å². The highest BCUT2D eigenvalue weighted by Gasteiger charge is 2.44. The molecule has 1 heterocycles. The molecule has 11 nitrogen and oxygen atoms in total. The van der Waals surface area contributed by atoms with Gasteiger partial charge in [-0.1, -0.05) is 327 Å². The number of hydrogen-bond donors (Lipinski definition) is 8. The molecule has 8 N–H and O–H groups in total. The molecule has 9 atom stereocenters. The molecule has 0 aliphatic carbocycles. The smallest absolute Gasteiger partial charge is 0.249 e. The van der Waals surface area contributed by atoms with Crippen molar-refractivity contribution in [1.29, 1.82) is 0 Å². The summed E-state index contributed by atoms with van der Waals surface area (Å²) in [5.74, 6) is -0.699. The Hall–Kier alpha value is -1.41. The van der Waals surface area contributed by atoms with Crippen molar-refractivity contribution in [2.45, 2.75) is 422 Å². The Morgan fingerprint density at radius 3 is 1.02 bits per heavy atom. The Labute approximate surface area is 518 Å². The SMILES string of the molecule is CCCCCCCCCCCCCC/C=C\CCCCCCCCCCCCCCCCC(O)C(=O)NC(COC1OC(CO)C(O)C(O)C1O)C(O)C(O)CCC/C=C/CCCCCCCCCCCCCCCCCCCCCCCC. The van der Waals surface area contributed by atoms with E-state index in [0.717, 1.165) is 38.5 Å². The first-order valence-electron chi connectivity index (χ1n) is 36.7. The molecule has 0 saturated carbocycles. The fraction of sp³-hybridized carbons (Fsp3) is 0.932. The van der Waals surface area contributed by atoms with Gasteiger partial charge in [-0.3, -0.25) is 4.79 Å². The first kappa shape index (κ1) is 80.6. The van der Waals surface area contributed by atoms with E-state index in [9.17, 15) is 40.5 Å². The summed E-state index contributed by atoms with van der Waals surface area (Å²) in [4.78, 5) is 13.3. The van der Waals surface area contributed by atoms with Crippen LogP contribution in [0.2, 0.25) is 0 Å². The van der Waals surface area contributed by atoms with E-state index in [-0.39, 0.29) is 12.8 Å². The quantitative estimate of drug-likeness (QED) is 0.0215. The maximum atomic E-state index is 13.3. The third kappa shape index (κ3) is 48.5. The highest BCUT2D eigenvalue weighted by molar-refractivity contribution is 5.80. The first-order valence-corrected chi connectivity index (χ1v) is 36.7. The van der Waals surface area contributed by atoms with Gasteiger partial charge in [-0.25, -0.2) is 0 Å². The van der Waals surface area contributed by atoms with Crippen LogP contribution in [0, 0.1) is 0 Å². The van der Waals surface area contributed by atoms with Gasteiger partial charge in [0.2, 0.25) is 5.91 Å². The Balaban J connectivity index is 2.19. The molecular formula is C73H141NO10. The number of unbranched alkanes of at least 4 members (excludes halogenated alkanes) is 49. The van der Waals surface area contributed by atoms with Crippen LogP contribution in [0.15, 0.2) is 24.3 Å². The van der Waals surface area contributed by atoms with Gasteiger partial charge in [0.15, 0.2) is 6.29 Å². The molecule has 9 unspecified atom stereocenters. The lowest BCUT2D eigenvalue weighted by Gasteiger charge is -2.40. The van der Waals surface area contributed by atoms with E-state index in [1.54, 1.807) is 0 Å². The number of carbonyl (C=O) groups excluding carboxylic acids is 1. The Morgan fingerprint density at radius 1 is 0.405 bits per heavy atom. The van der Waals surface area contributed by atoms with Crippen LogP contribution in [0.4, 0.5) is 0 Å². The number of amides is 1. The van der Waals surface area contributed by atoms with Crippen LogP contribution in [-0.2, 0) is 14.3 Å². The number of hydrogen-bond acceptors (Lipinski definition) is 10. The minimum absolute atomic E-state index is 0.257. The van der Waals surface area contributed by atoms with E-state index in [4.69, 9.17) is 9.47 Å². The van der Waals surface area contributed by atoms with Gasteiger partial charge >= 0.3 is 0 Å². The van der Waals surface area contributed by atoms with Crippen molar-refractivity contribution >= 4 is 5.91 Å². The second-order valence-electron chi connectivity index (χ2n) is 26.0. The second kappa shape index (κ2) is 61.8. The van der Waals surface area contributed by atoms with Crippen molar-refractivity contribution in [2.75, 3.05) is 13.2 Å². The molecule has 1 saturated heterocycles. The fourth-order valence-corrected chi connectivity index (χ4v) is 12.1. The molecule has 0 spiro atoms. The maximum absolute atomic E-state index is 13.3. The van der Waals surface area contributed by atoms with Crippen molar-refractivity contribution in [2.24, 2.45) is 0 Å². The standard InChI is InChI=1S/C73H141NO10/c1-3-5-7-9-11-13-15-17-19-21-23-25-27-29-31-32-33-35-37-39-41-43-45-47-49-51-53-55-57-59-61-66(77)72(82)74-64(63-83-73-71(81)70(80)69(79)67(62-75)84-73)68(78)65(76)60-58-56-54-52-50-48-46-44-42-40-38-36-34-30-28-26-24-22-20-18-16-14-12-10-8-6-4-2/h29,31,52,54,64-71,73,75-81H,3-28,30,32-51,53,55-63H2,1-2H3,(H,74,82)/b31-29-,54-52+. The minimum atomic E-state index is -1.67. The molecule has 498 valence electrons. The summed E-state index contributed by atoms with van der Waals surface area (Å²) in [7, 11) is 0. The second-order valence-corrected chi connectivity index (χ2v) is 26.0. The Bertz CT molecular complexity index is 1420. The summed E-state index contributed by atoms with van der Waals surface area (Å²) in [6.45, 7) is 3.51. The first-order chi connectivity index (χ1) is 41.2. The molecule has 1 aliphatic heterocycles. The number of allylic oxidation sites excluding steroid dienone is 4. The van der Waals surface area contributed by atoms with Crippen molar-refractivity contribution in [3.05, 3.63) is 24.3 Å². The number of carbonyl (C=O) groups is 1. The van der Waals surface area contributed by atoms with E-state index in [2.05, 4.69) is 43.5 Å². The van der Waals surface area contributed by atoms with E-state index in [1.165, 1.54) is 289 Å². The zero-order chi connectivity index (χ0) is 61.0. The summed E-state index contributed by atoms with van der Waals surface area (Å²) >= 11 is 0. The summed E-state index contributed by atoms with van der Waals surface area (Å²) in [5, 5.41) is 76.6. The predicted molar refractivity (Wildman–Crippen MR) is 353 cm³/mol. The molecule has 1 amide bonds. The number of rotatable bonds is 65. The van der Waals surface area contributed by atoms with E-state index >= 15 is 0 Å². The number of aliphatic hydroxyl groups excluding tert-OH is 7. The number of nitrogens with one attached hydrogen (secondary N) is 1. The van der Waals surface area contributed by atoms with Crippen LogP contribution in [0.25, 0.3) is 0 Å². The third-order valence-electron chi connectivity index (χ3n) is 18.0. The lowest BCUT2D eigenvalue weighted by atomic mass is 9.98. The third-order valence-corrected chi connectivity index (χ3v) is 18.0. The molecule has 0 aromatic heterocycles. The largest absolute Gasteiger partial charge is 0.394 e. The molecule has 1 fully saturated rings. The fourth-order valence-electron chi connectivity index (χ4n) is 12.1. The van der Waals surface area contributed by atoms with Crippen LogP contribution in [0.5, 0.6) is 0 Å². The Morgan fingerprint density at radius 2 is 0.702 bits per heavy atom. The average Bonchev–Trinajstić information content (AvgIpc) is 3.66. The van der Waals surface area contributed by atoms with Gasteiger partial charge in [-0.15, -0.1) is 0 Å². The van der Waals surface area contributed by atoms with E-state index in [0.29, 0.717) is 12.8 Å². The zero-order valence-electron chi connectivity index (χ0n) is 55.2. The van der Waals surface area contributed by atoms with E-state index in [1.807, 2.05) is 0 Å². The summed E-state index contributed by atoms with van der Waals surface area (Å²) in [5.41, 5.74) is 0. The van der Waals surface area contributed by atoms with Gasteiger partial charge < -0.3 is 50.5 Å². The molecular weight excluding hydrogens is 1050 g/mol. The lowest BCUT2D eigenvalue weighted by Crippen LogP contribution is -2.60. The highest BCUT2D eigenvalue weighted by atomic mass is 16.7. The van der Waals surface area contributed by atoms with Gasteiger partial charge in [-0.05, 0) is 64.2 Å². The molecule has 11 heteroatoms. The monoisotopic (exact) mass is 1190 g/mol. The van der Waals surface area contributed by atoms with Crippen LogP contribution < -0.4 is 5.32 Å². The van der Waals surface area contributed by atoms with Gasteiger partial charge in [0.05, 0.1) is 25.4 Å². The minimum Gasteiger partial charge on any atom is -0.394 e. The number of ether oxygens (including phenoxy) is 2. The lowest BCUT2D eigenvalue weighted by molar-refractivity contribution is -0.303. The van der Waals surface area contributed by atoms with Gasteiger partial charge in [0, 0.05) is 0 Å². The van der Waals surface area contributed by atoms with Gasteiger partial charge in [0.1, 0.15) is 36.6 Å². The van der Waals surface area contributed by atoms with Crippen LogP contribution in [0.1, 0.15) is 367 Å². The summed E-state index contributed by atoms with van der Waals surface area (Å²) < 4.78 is 11.2. The topological polar surface area (TPSA) is 189 Å². The molecule has 0 bridgehead atoms. The predicted octanol–water partition coefficient (Wildman–Crippen LogP) is 18.0. The molecule has 0 aromatic rings. The van der Waals surface area contributed by atoms with Gasteiger partial charge in [-0.2, -0.15) is 0 Å². The Kier molecular flexibility index (Phi) is 59.3. The summed E-state index contributed by atoms with van der Waals surface area (Å²) in [6.07, 6.45) is 67.0. The van der Waals surface area contributed by atoms with Crippen molar-refractivity contribution in [3.8, 4) is 0 Å². The van der Waals surface area contributed by atoms with Crippen LogP contribution in [-0.4, -0.2) is 110 Å². The molecule has 1 rings (SSSR count). The van der Waals surface area contributed by atoms with Crippen molar-refractivity contribution < 1.29 is 50.0 Å². The van der Waals surface area contributed by atoms with Crippen molar-refractivity contribution in [1.82, 2.24) is 5.32 Å². The zero-order valence-corrected chi connectivity index (χ0v) is 55.2. The highest BCUT2D eigenvalue weighted by Crippen LogP contribution is 2.24. The molecule has 1 aliphatic rings. The van der Waals surface area contributed by atoms with E-state index < -0.39 is 74.2 Å². The van der Waals surface area contributed by atoms with Gasteiger partial charge in [0.25, 0.3) is 0 Å². The average molecular weight is 1190 g/mol. The molecule has 84 heavy (non-hydrogen) atoms. The summed E-state index contributed by atoms with van der Waals surface area (Å²) in [6, 6.07) is -1.19. The van der Waals surface area contributed by atoms with Crippen molar-refractivity contribution in [3.63, 3.8) is 0 Å².